The van der Waals surface area contributed by atoms with Crippen molar-refractivity contribution in [2.75, 3.05) is 0 Å². The maximum Gasteiger partial charge on any atom is 0.276 e. The number of hydrogen-bond acceptors (Lipinski definition) is 4. The molecule has 2 aromatic carbocycles. The van der Waals surface area contributed by atoms with Gasteiger partial charge in [-0.05, 0) is 12.1 Å². The van der Waals surface area contributed by atoms with Crippen molar-refractivity contribution in [3.63, 3.8) is 0 Å². The highest BCUT2D eigenvalue weighted by Crippen LogP contribution is 2.17. The van der Waals surface area contributed by atoms with Gasteiger partial charge in [-0.1, -0.05) is 59.9 Å². The first-order chi connectivity index (χ1) is 11.2. The Balaban J connectivity index is 1.96. The topological polar surface area (TPSA) is 47.3 Å². The summed E-state index contributed by atoms with van der Waals surface area (Å²) in [6.45, 7) is 0. The molecule has 0 aliphatic carbocycles. The minimum atomic E-state index is -0.362. The molecule has 6 heteroatoms. The summed E-state index contributed by atoms with van der Waals surface area (Å²) >= 11 is 1.20. The fraction of sp³-hybridized carbons (Fsp3) is 0. The van der Waals surface area contributed by atoms with Gasteiger partial charge in [0.05, 0.1) is 4.53 Å². The van der Waals surface area contributed by atoms with Crippen molar-refractivity contribution < 1.29 is 4.39 Å². The normalized spacial score (nSPS) is 12.1. The molecule has 0 amide bonds. The Hall–Kier alpha value is -2.86. The Labute approximate surface area is 134 Å². The minimum Gasteiger partial charge on any atom is -0.267 e. The molecule has 23 heavy (non-hydrogen) atoms. The summed E-state index contributed by atoms with van der Waals surface area (Å²) in [5, 5.41) is 8.15. The molecule has 0 N–H and O–H groups in total. The van der Waals surface area contributed by atoms with E-state index < -0.39 is 0 Å². The number of fused-ring (bicyclic) bond motifs is 1. The second-order valence-electron chi connectivity index (χ2n) is 4.94. The van der Waals surface area contributed by atoms with Crippen molar-refractivity contribution in [3.8, 4) is 11.4 Å². The van der Waals surface area contributed by atoms with Crippen LogP contribution >= 0.6 is 11.3 Å². The Morgan fingerprint density at radius 2 is 1.74 bits per heavy atom. The van der Waals surface area contributed by atoms with E-state index in [1.807, 2.05) is 30.3 Å². The first-order valence-corrected chi connectivity index (χ1v) is 7.75. The van der Waals surface area contributed by atoms with E-state index in [2.05, 4.69) is 10.2 Å². The summed E-state index contributed by atoms with van der Waals surface area (Å²) in [4.78, 5) is 13.1. The van der Waals surface area contributed by atoms with Crippen LogP contribution in [0.15, 0.2) is 59.4 Å². The summed E-state index contributed by atoms with van der Waals surface area (Å²) in [5.41, 5.74) is 0.952. The molecule has 0 spiro atoms. The zero-order chi connectivity index (χ0) is 15.8. The van der Waals surface area contributed by atoms with Gasteiger partial charge in [-0.15, -0.1) is 10.2 Å². The van der Waals surface area contributed by atoms with Crippen molar-refractivity contribution in [2.45, 2.75) is 0 Å². The average Bonchev–Trinajstić information content (AvgIpc) is 3.12. The lowest BCUT2D eigenvalue weighted by Crippen LogP contribution is -2.23. The van der Waals surface area contributed by atoms with Gasteiger partial charge < -0.3 is 0 Å². The first-order valence-electron chi connectivity index (χ1n) is 6.93. The van der Waals surface area contributed by atoms with Gasteiger partial charge >= 0.3 is 0 Å². The van der Waals surface area contributed by atoms with Crippen LogP contribution in [0.3, 0.4) is 0 Å². The van der Waals surface area contributed by atoms with Gasteiger partial charge in [-0.25, -0.2) is 8.79 Å². The third-order valence-corrected chi connectivity index (χ3v) is 4.43. The van der Waals surface area contributed by atoms with E-state index in [9.17, 15) is 9.18 Å². The summed E-state index contributed by atoms with van der Waals surface area (Å²) in [6, 6.07) is 15.7. The highest BCUT2D eigenvalue weighted by Gasteiger charge is 2.13. The van der Waals surface area contributed by atoms with E-state index in [4.69, 9.17) is 0 Å². The highest BCUT2D eigenvalue weighted by molar-refractivity contribution is 7.15. The molecule has 4 nitrogen and oxygen atoms in total. The van der Waals surface area contributed by atoms with Gasteiger partial charge in [-0.3, -0.25) is 4.79 Å². The first kappa shape index (κ1) is 13.8. The number of nitrogens with zero attached hydrogens (tertiary/aromatic N) is 3. The number of hydrogen-bond donors (Lipinski definition) is 0. The van der Waals surface area contributed by atoms with E-state index in [0.29, 0.717) is 20.9 Å². The number of benzene rings is 2. The second-order valence-corrected chi connectivity index (χ2v) is 5.95. The minimum absolute atomic E-state index is 0.239. The molecule has 0 saturated heterocycles. The van der Waals surface area contributed by atoms with Crippen LogP contribution in [0.1, 0.15) is 5.56 Å². The van der Waals surface area contributed by atoms with Crippen molar-refractivity contribution >= 4 is 22.4 Å². The molecule has 112 valence electrons. The zero-order valence-corrected chi connectivity index (χ0v) is 12.6. The number of rotatable bonds is 2. The highest BCUT2D eigenvalue weighted by atomic mass is 32.1. The molecule has 0 fully saturated rings. The standard InChI is InChI=1S/C17H10FN3OS/c18-13-9-5-4-8-12(13)10-14-16(22)21-15(19-20-17(21)23-14)11-6-2-1-3-7-11/h1-10H/b14-10-. The van der Waals surface area contributed by atoms with E-state index in [1.165, 1.54) is 21.8 Å². The van der Waals surface area contributed by atoms with Crippen LogP contribution in [0.4, 0.5) is 4.39 Å². The predicted octanol–water partition coefficient (Wildman–Crippen LogP) is 2.50. The SMILES string of the molecule is O=c1/c(=C/c2ccccc2F)sc2nnc(-c3ccccc3)n12. The monoisotopic (exact) mass is 323 g/mol. The summed E-state index contributed by atoms with van der Waals surface area (Å²) < 4.78 is 15.7. The smallest absolute Gasteiger partial charge is 0.267 e. The Morgan fingerprint density at radius 3 is 2.52 bits per heavy atom. The third kappa shape index (κ3) is 2.33. The molecule has 0 unspecified atom stereocenters. The molecular formula is C17H10FN3OS. The van der Waals surface area contributed by atoms with E-state index in [1.54, 1.807) is 24.3 Å². The van der Waals surface area contributed by atoms with Crippen LogP contribution in [-0.2, 0) is 0 Å². The zero-order valence-electron chi connectivity index (χ0n) is 11.8. The molecule has 0 bridgehead atoms. The van der Waals surface area contributed by atoms with Crippen LogP contribution in [-0.4, -0.2) is 14.6 Å². The van der Waals surface area contributed by atoms with Crippen LogP contribution in [0.5, 0.6) is 0 Å². The quantitative estimate of drug-likeness (QED) is 0.569. The number of halogens is 1. The lowest BCUT2D eigenvalue weighted by molar-refractivity contribution is 0.625. The summed E-state index contributed by atoms with van der Waals surface area (Å²) in [5.74, 6) is 0.134. The fourth-order valence-electron chi connectivity index (χ4n) is 2.37. The molecule has 4 aromatic rings. The van der Waals surface area contributed by atoms with Crippen LogP contribution in [0, 0.1) is 5.82 Å². The molecule has 0 radical (unpaired) electrons. The fourth-order valence-corrected chi connectivity index (χ4v) is 3.27. The van der Waals surface area contributed by atoms with E-state index in [0.717, 1.165) is 5.56 Å². The van der Waals surface area contributed by atoms with Gasteiger partial charge in [0.1, 0.15) is 5.82 Å². The molecule has 2 aromatic heterocycles. The maximum absolute atomic E-state index is 13.8. The predicted molar refractivity (Wildman–Crippen MR) is 87.8 cm³/mol. The number of aromatic nitrogens is 3. The van der Waals surface area contributed by atoms with Crippen molar-refractivity contribution in [1.29, 1.82) is 0 Å². The van der Waals surface area contributed by atoms with Crippen molar-refractivity contribution in [1.82, 2.24) is 14.6 Å². The van der Waals surface area contributed by atoms with Crippen LogP contribution < -0.4 is 10.1 Å². The molecule has 4 rings (SSSR count). The van der Waals surface area contributed by atoms with E-state index in [-0.39, 0.29) is 11.4 Å². The van der Waals surface area contributed by atoms with Crippen LogP contribution in [0.2, 0.25) is 0 Å². The molecule has 0 saturated carbocycles. The molecular weight excluding hydrogens is 313 g/mol. The molecule has 2 heterocycles. The molecule has 0 aliphatic rings. The molecule has 0 aliphatic heterocycles. The van der Waals surface area contributed by atoms with Gasteiger partial charge in [0, 0.05) is 11.1 Å². The van der Waals surface area contributed by atoms with Gasteiger partial charge in [0.25, 0.3) is 5.56 Å². The Kier molecular flexibility index (Phi) is 3.24. The van der Waals surface area contributed by atoms with Crippen LogP contribution in [0.25, 0.3) is 22.4 Å². The molecule has 0 atom stereocenters. The summed E-state index contributed by atoms with van der Waals surface area (Å²) in [7, 11) is 0. The maximum atomic E-state index is 13.8. The Morgan fingerprint density at radius 1 is 1.00 bits per heavy atom. The largest absolute Gasteiger partial charge is 0.276 e. The lowest BCUT2D eigenvalue weighted by atomic mass is 10.2. The lowest BCUT2D eigenvalue weighted by Gasteiger charge is -1.95. The Bertz CT molecular complexity index is 1100. The van der Waals surface area contributed by atoms with Crippen molar-refractivity contribution in [3.05, 3.63) is 80.9 Å². The van der Waals surface area contributed by atoms with Crippen molar-refractivity contribution in [2.24, 2.45) is 0 Å². The third-order valence-electron chi connectivity index (χ3n) is 3.47. The summed E-state index contributed by atoms with van der Waals surface area (Å²) in [6.07, 6.45) is 1.55. The van der Waals surface area contributed by atoms with Gasteiger partial charge in [-0.2, -0.15) is 0 Å². The average molecular weight is 323 g/mol. The van der Waals surface area contributed by atoms with Gasteiger partial charge in [0.2, 0.25) is 4.96 Å². The van der Waals surface area contributed by atoms with E-state index >= 15 is 0 Å². The number of thiazole rings is 1. The second kappa shape index (κ2) is 5.40. The van der Waals surface area contributed by atoms with Gasteiger partial charge in [0.15, 0.2) is 5.82 Å².